The predicted molar refractivity (Wildman–Crippen MR) is 87.0 cm³/mol. The van der Waals surface area contributed by atoms with Crippen LogP contribution in [-0.2, 0) is 10.0 Å². The van der Waals surface area contributed by atoms with Gasteiger partial charge in [0.05, 0.1) is 11.1 Å². The molecule has 132 valence electrons. The summed E-state index contributed by atoms with van der Waals surface area (Å²) in [5, 5.41) is 9.54. The number of amides is 1. The first-order valence-corrected chi connectivity index (χ1v) is 9.32. The number of aromatic nitrogens is 1. The van der Waals surface area contributed by atoms with Crippen LogP contribution < -0.4 is 0 Å². The Labute approximate surface area is 143 Å². The highest BCUT2D eigenvalue weighted by Gasteiger charge is 2.45. The molecule has 0 aliphatic carbocycles. The van der Waals surface area contributed by atoms with Crippen molar-refractivity contribution >= 4 is 26.9 Å². The molecule has 25 heavy (non-hydrogen) atoms. The summed E-state index contributed by atoms with van der Waals surface area (Å²) < 4.78 is 41.7. The smallest absolute Gasteiger partial charge is 0.407 e. The zero-order chi connectivity index (χ0) is 17.8. The SMILES string of the molecule is O=C(O)N1CC2CN(S(=O)(=O)c3cccc4cncc(F)c34)CC2C1. The third-order valence-corrected chi connectivity index (χ3v) is 6.91. The molecule has 1 aromatic heterocycles. The Morgan fingerprint density at radius 2 is 1.84 bits per heavy atom. The van der Waals surface area contributed by atoms with Crippen LogP contribution in [0.1, 0.15) is 0 Å². The van der Waals surface area contributed by atoms with Gasteiger partial charge in [-0.25, -0.2) is 17.6 Å². The molecule has 2 aromatic rings. The summed E-state index contributed by atoms with van der Waals surface area (Å²) in [4.78, 5) is 16.1. The zero-order valence-electron chi connectivity index (χ0n) is 13.2. The van der Waals surface area contributed by atoms with Gasteiger partial charge >= 0.3 is 6.09 Å². The van der Waals surface area contributed by atoms with E-state index in [0.29, 0.717) is 18.5 Å². The van der Waals surface area contributed by atoms with Crippen molar-refractivity contribution in [3.8, 4) is 0 Å². The average molecular weight is 365 g/mol. The lowest BCUT2D eigenvalue weighted by Gasteiger charge is -2.20. The third kappa shape index (κ3) is 2.54. The number of halogens is 1. The fourth-order valence-corrected chi connectivity index (χ4v) is 5.59. The fraction of sp³-hybridized carbons (Fsp3) is 0.375. The Bertz CT molecular complexity index is 946. The summed E-state index contributed by atoms with van der Waals surface area (Å²) in [5.74, 6) is -0.715. The lowest BCUT2D eigenvalue weighted by molar-refractivity contribution is 0.151. The summed E-state index contributed by atoms with van der Waals surface area (Å²) in [7, 11) is -3.87. The monoisotopic (exact) mass is 365 g/mol. The van der Waals surface area contributed by atoms with Crippen molar-refractivity contribution in [1.82, 2.24) is 14.2 Å². The highest BCUT2D eigenvalue weighted by Crippen LogP contribution is 2.36. The van der Waals surface area contributed by atoms with Crippen LogP contribution in [0.3, 0.4) is 0 Å². The van der Waals surface area contributed by atoms with Crippen LogP contribution in [-0.4, -0.2) is 60.0 Å². The number of nitrogens with zero attached hydrogens (tertiary/aromatic N) is 3. The first-order chi connectivity index (χ1) is 11.9. The third-order valence-electron chi connectivity index (χ3n) is 5.04. The van der Waals surface area contributed by atoms with Gasteiger partial charge in [-0.05, 0) is 17.9 Å². The van der Waals surface area contributed by atoms with E-state index in [2.05, 4.69) is 4.98 Å². The molecule has 2 unspecified atom stereocenters. The van der Waals surface area contributed by atoms with Gasteiger partial charge in [-0.15, -0.1) is 0 Å². The average Bonchev–Trinajstić information content (AvgIpc) is 3.14. The Morgan fingerprint density at radius 3 is 2.48 bits per heavy atom. The second-order valence-corrected chi connectivity index (χ2v) is 8.41. The lowest BCUT2D eigenvalue weighted by Crippen LogP contribution is -2.35. The van der Waals surface area contributed by atoms with E-state index >= 15 is 0 Å². The molecule has 2 aliphatic heterocycles. The first kappa shape index (κ1) is 16.2. The van der Waals surface area contributed by atoms with Gasteiger partial charge in [-0.2, -0.15) is 4.31 Å². The van der Waals surface area contributed by atoms with Crippen LogP contribution in [0.25, 0.3) is 10.8 Å². The second kappa shape index (κ2) is 5.63. The van der Waals surface area contributed by atoms with Crippen LogP contribution in [0.5, 0.6) is 0 Å². The highest BCUT2D eigenvalue weighted by atomic mass is 32.2. The van der Waals surface area contributed by atoms with Gasteiger partial charge in [-0.3, -0.25) is 4.98 Å². The number of fused-ring (bicyclic) bond motifs is 2. The van der Waals surface area contributed by atoms with Crippen LogP contribution in [0.15, 0.2) is 35.5 Å². The van der Waals surface area contributed by atoms with Crippen molar-refractivity contribution in [3.63, 3.8) is 0 Å². The van der Waals surface area contributed by atoms with Gasteiger partial charge in [0.2, 0.25) is 10.0 Å². The standard InChI is InChI=1S/C16H16FN3O4S/c17-13-5-18-4-10-2-1-3-14(15(10)13)25(23,24)20-8-11-6-19(16(21)22)7-12(11)9-20/h1-5,11-12H,6-9H2,(H,21,22). The quantitative estimate of drug-likeness (QED) is 0.873. The van der Waals surface area contributed by atoms with E-state index in [1.165, 1.54) is 21.5 Å². The van der Waals surface area contributed by atoms with E-state index in [1.54, 1.807) is 12.1 Å². The maximum absolute atomic E-state index is 14.2. The van der Waals surface area contributed by atoms with Crippen molar-refractivity contribution in [1.29, 1.82) is 0 Å². The van der Waals surface area contributed by atoms with Gasteiger partial charge in [-0.1, -0.05) is 12.1 Å². The molecule has 0 spiro atoms. The molecular weight excluding hydrogens is 349 g/mol. The van der Waals surface area contributed by atoms with E-state index in [9.17, 15) is 17.6 Å². The molecule has 0 radical (unpaired) electrons. The number of rotatable bonds is 2. The summed E-state index contributed by atoms with van der Waals surface area (Å²) in [6.07, 6.45) is 1.46. The molecule has 7 nitrogen and oxygen atoms in total. The molecule has 2 aliphatic rings. The van der Waals surface area contributed by atoms with Crippen molar-refractivity contribution in [2.45, 2.75) is 4.90 Å². The van der Waals surface area contributed by atoms with Gasteiger partial charge in [0, 0.05) is 43.1 Å². The Hall–Kier alpha value is -2.26. The molecule has 2 atom stereocenters. The van der Waals surface area contributed by atoms with Gasteiger partial charge in [0.1, 0.15) is 0 Å². The number of sulfonamides is 1. The van der Waals surface area contributed by atoms with Crippen LogP contribution >= 0.6 is 0 Å². The van der Waals surface area contributed by atoms with Crippen molar-refractivity contribution in [2.75, 3.05) is 26.2 Å². The Balaban J connectivity index is 1.68. The van der Waals surface area contributed by atoms with Crippen molar-refractivity contribution < 1.29 is 22.7 Å². The Kier molecular flexibility index (Phi) is 3.66. The lowest BCUT2D eigenvalue weighted by atomic mass is 10.0. The predicted octanol–water partition coefficient (Wildman–Crippen LogP) is 1.60. The molecule has 2 fully saturated rings. The second-order valence-electron chi connectivity index (χ2n) is 6.51. The number of hydrogen-bond acceptors (Lipinski definition) is 4. The first-order valence-electron chi connectivity index (χ1n) is 7.88. The number of carboxylic acid groups (broad SMARTS) is 1. The van der Waals surface area contributed by atoms with E-state index in [0.717, 1.165) is 6.20 Å². The van der Waals surface area contributed by atoms with E-state index < -0.39 is 21.9 Å². The number of carbonyl (C=O) groups is 1. The minimum Gasteiger partial charge on any atom is -0.465 e. The molecule has 3 heterocycles. The number of hydrogen-bond donors (Lipinski definition) is 1. The van der Waals surface area contributed by atoms with Gasteiger partial charge < -0.3 is 10.0 Å². The van der Waals surface area contributed by atoms with Crippen LogP contribution in [0, 0.1) is 17.7 Å². The zero-order valence-corrected chi connectivity index (χ0v) is 14.0. The summed E-state index contributed by atoms with van der Waals surface area (Å²) in [6, 6.07) is 4.59. The maximum atomic E-state index is 14.2. The summed E-state index contributed by atoms with van der Waals surface area (Å²) in [6.45, 7) is 1.17. The van der Waals surface area contributed by atoms with Crippen molar-refractivity contribution in [2.24, 2.45) is 11.8 Å². The Morgan fingerprint density at radius 1 is 1.16 bits per heavy atom. The molecule has 1 amide bonds. The van der Waals surface area contributed by atoms with Crippen LogP contribution in [0.4, 0.5) is 9.18 Å². The molecule has 1 aromatic carbocycles. The molecule has 1 N–H and O–H groups in total. The number of pyridine rings is 1. The molecule has 9 heteroatoms. The molecule has 0 saturated carbocycles. The van der Waals surface area contributed by atoms with Gasteiger partial charge in [0.15, 0.2) is 5.82 Å². The van der Waals surface area contributed by atoms with E-state index in [-0.39, 0.29) is 35.2 Å². The summed E-state index contributed by atoms with van der Waals surface area (Å²) in [5.41, 5.74) is 0. The van der Waals surface area contributed by atoms with Crippen LogP contribution in [0.2, 0.25) is 0 Å². The molecule has 4 rings (SSSR count). The maximum Gasteiger partial charge on any atom is 0.407 e. The van der Waals surface area contributed by atoms with Crippen molar-refractivity contribution in [3.05, 3.63) is 36.4 Å². The fourth-order valence-electron chi connectivity index (χ4n) is 3.82. The molecular formula is C16H16FN3O4S. The molecule has 2 saturated heterocycles. The topological polar surface area (TPSA) is 90.8 Å². The minimum absolute atomic E-state index is 0.0210. The largest absolute Gasteiger partial charge is 0.465 e. The summed E-state index contributed by atoms with van der Waals surface area (Å²) >= 11 is 0. The number of likely N-dealkylation sites (tertiary alicyclic amines) is 1. The minimum atomic E-state index is -3.87. The van der Waals surface area contributed by atoms with Gasteiger partial charge in [0.25, 0.3) is 0 Å². The highest BCUT2D eigenvalue weighted by molar-refractivity contribution is 7.89. The normalized spacial score (nSPS) is 24.0. The molecule has 0 bridgehead atoms. The number of benzene rings is 1. The van der Waals surface area contributed by atoms with E-state index in [1.807, 2.05) is 0 Å². The van der Waals surface area contributed by atoms with E-state index in [4.69, 9.17) is 5.11 Å².